The minimum Gasteiger partial charge on any atom is -0.487 e. The van der Waals surface area contributed by atoms with E-state index in [1.165, 1.54) is 0 Å². The third kappa shape index (κ3) is 8.53. The number of amides is 1. The number of para-hydroxylation sites is 1. The van der Waals surface area contributed by atoms with Crippen molar-refractivity contribution in [2.45, 2.75) is 123 Å². The molecule has 0 spiro atoms. The van der Waals surface area contributed by atoms with Crippen LogP contribution in [0.15, 0.2) is 71.9 Å². The fourth-order valence-corrected chi connectivity index (χ4v) is 9.69. The third-order valence-electron chi connectivity index (χ3n) is 11.9. The highest BCUT2D eigenvalue weighted by Gasteiger charge is 2.41. The minimum absolute atomic E-state index is 0.0617. The van der Waals surface area contributed by atoms with Crippen LogP contribution in [-0.2, 0) is 28.9 Å². The Labute approximate surface area is 340 Å². The van der Waals surface area contributed by atoms with Crippen molar-refractivity contribution in [2.75, 3.05) is 11.9 Å². The van der Waals surface area contributed by atoms with Crippen LogP contribution in [0.5, 0.6) is 5.75 Å². The molecule has 1 aliphatic rings. The molecule has 2 aromatic heterocycles. The topological polar surface area (TPSA) is 148 Å². The van der Waals surface area contributed by atoms with Crippen LogP contribution in [0, 0.1) is 19.3 Å². The number of hydrogen-bond donors (Lipinski definition) is 3. The van der Waals surface area contributed by atoms with Crippen LogP contribution >= 0.6 is 10.8 Å². The number of benzene rings is 3. The molecular formula is C43H59N7O5SSi. The van der Waals surface area contributed by atoms with Crippen LogP contribution in [0.3, 0.4) is 0 Å². The van der Waals surface area contributed by atoms with Gasteiger partial charge < -0.3 is 14.5 Å². The monoisotopic (exact) mass is 813 g/mol. The first kappa shape index (κ1) is 42.4. The van der Waals surface area contributed by atoms with E-state index in [1.54, 1.807) is 34.9 Å². The van der Waals surface area contributed by atoms with Gasteiger partial charge in [-0.3, -0.25) is 13.9 Å². The van der Waals surface area contributed by atoms with Crippen LogP contribution in [0.1, 0.15) is 94.4 Å². The molecule has 3 heterocycles. The van der Waals surface area contributed by atoms with E-state index in [9.17, 15) is 13.9 Å². The van der Waals surface area contributed by atoms with Gasteiger partial charge in [-0.1, -0.05) is 83.2 Å². The van der Waals surface area contributed by atoms with Crippen molar-refractivity contribution in [3.63, 3.8) is 0 Å². The number of carbonyl (C=O) groups excluding carboxylic acids is 1. The van der Waals surface area contributed by atoms with Crippen molar-refractivity contribution in [3.05, 3.63) is 101 Å². The van der Waals surface area contributed by atoms with E-state index in [-0.39, 0.29) is 23.6 Å². The van der Waals surface area contributed by atoms with Crippen molar-refractivity contribution in [1.82, 2.24) is 29.3 Å². The van der Waals surface area contributed by atoms with Gasteiger partial charge in [0.1, 0.15) is 22.3 Å². The summed E-state index contributed by atoms with van der Waals surface area (Å²) < 4.78 is 39.8. The Balaban J connectivity index is 1.36. The molecule has 3 N–H and O–H groups in total. The summed E-state index contributed by atoms with van der Waals surface area (Å²) in [4.78, 5) is 24.0. The highest BCUT2D eigenvalue weighted by atomic mass is 32.3. The Morgan fingerprint density at radius 3 is 2.40 bits per heavy atom. The molecule has 0 bridgehead atoms. The number of fused-ring (bicyclic) bond motifs is 2. The summed E-state index contributed by atoms with van der Waals surface area (Å²) >= 11 is 0. The van der Waals surface area contributed by atoms with Crippen molar-refractivity contribution in [3.8, 4) is 5.75 Å². The number of hydrogen-bond acceptors (Lipinski definition) is 10. The van der Waals surface area contributed by atoms with Gasteiger partial charge in [0.05, 0.1) is 42.2 Å². The second kappa shape index (κ2) is 16.2. The van der Waals surface area contributed by atoms with Crippen molar-refractivity contribution >= 4 is 41.7 Å². The molecule has 0 saturated heterocycles. The smallest absolute Gasteiger partial charge is 0.231 e. The lowest BCUT2D eigenvalue weighted by atomic mass is 9.69. The molecule has 2 atom stereocenters. The number of anilines is 1. The number of carbonyl (C=O) groups is 1. The van der Waals surface area contributed by atoms with E-state index < -0.39 is 30.4 Å². The molecule has 0 radical (unpaired) electrons. The van der Waals surface area contributed by atoms with Gasteiger partial charge in [-0.25, -0.2) is 14.6 Å². The minimum atomic E-state index is -3.38. The average Bonchev–Trinajstić information content (AvgIpc) is 3.55. The summed E-state index contributed by atoms with van der Waals surface area (Å²) in [5.41, 5.74) is 5.90. The number of rotatable bonds is 12. The number of aryl methyl sites for hydroxylation is 3. The van der Waals surface area contributed by atoms with Crippen LogP contribution in [0.2, 0.25) is 18.1 Å². The lowest BCUT2D eigenvalue weighted by Crippen LogP contribution is -2.40. The van der Waals surface area contributed by atoms with Crippen molar-refractivity contribution in [1.29, 1.82) is 0 Å². The van der Waals surface area contributed by atoms with Gasteiger partial charge in [-0.05, 0) is 91.3 Å². The summed E-state index contributed by atoms with van der Waals surface area (Å²) in [6.07, 6.45) is 3.74. The molecule has 1 amide bonds. The van der Waals surface area contributed by atoms with Crippen LogP contribution in [-0.4, -0.2) is 65.2 Å². The molecule has 3 aromatic carbocycles. The van der Waals surface area contributed by atoms with Gasteiger partial charge in [-0.15, -0.1) is 15.9 Å². The van der Waals surface area contributed by atoms with Gasteiger partial charge in [0.15, 0.2) is 14.1 Å². The predicted molar refractivity (Wildman–Crippen MR) is 230 cm³/mol. The van der Waals surface area contributed by atoms with Gasteiger partial charge in [0, 0.05) is 19.0 Å². The van der Waals surface area contributed by atoms with Gasteiger partial charge >= 0.3 is 0 Å². The predicted octanol–water partition coefficient (Wildman–Crippen LogP) is 9.87. The normalized spacial score (nSPS) is 17.4. The maximum Gasteiger partial charge on any atom is 0.231 e. The maximum atomic E-state index is 14.6. The first-order valence-corrected chi connectivity index (χ1v) is 24.2. The summed E-state index contributed by atoms with van der Waals surface area (Å²) in [5, 5.41) is 12.1. The molecule has 0 unspecified atom stereocenters. The van der Waals surface area contributed by atoms with Crippen molar-refractivity contribution < 1.29 is 23.1 Å². The standard InChI is InChI=1S/C43H59N7O5SSi/c1-12-33-26-49(56(52,53)37-17-15-14-16-36(37)55-33)25-31-22-30(19-18-28(31)3)39(34-20-21-35-40(29(34)4)47-48-50(35)13-2)43(8,9)41(51)46-32-23-44-38(45-24-32)27-54-57(10,11)42(5,6)7/h14-24,33,39,52-53H,12-13,25-27H2,1-11H3,(H,46,51)/t33-,39+/m1/s1. The first-order valence-electron chi connectivity index (χ1n) is 19.8. The number of ether oxygens (including phenoxy) is 1. The highest BCUT2D eigenvalue weighted by Crippen LogP contribution is 2.57. The third-order valence-corrected chi connectivity index (χ3v) is 18.3. The molecule has 0 saturated carbocycles. The second-order valence-electron chi connectivity index (χ2n) is 17.2. The highest BCUT2D eigenvalue weighted by molar-refractivity contribution is 8.22. The summed E-state index contributed by atoms with van der Waals surface area (Å²) in [6, 6.07) is 17.5. The first-order chi connectivity index (χ1) is 26.8. The molecule has 14 heteroatoms. The Morgan fingerprint density at radius 1 is 1.04 bits per heavy atom. The average molecular weight is 814 g/mol. The van der Waals surface area contributed by atoms with Gasteiger partial charge in [0.2, 0.25) is 5.91 Å². The van der Waals surface area contributed by atoms with E-state index in [1.807, 2.05) is 58.4 Å². The van der Waals surface area contributed by atoms with Crippen LogP contribution in [0.25, 0.3) is 11.0 Å². The van der Waals surface area contributed by atoms with Gasteiger partial charge in [0.25, 0.3) is 0 Å². The summed E-state index contributed by atoms with van der Waals surface area (Å²) in [5.74, 6) is 0.410. The Bertz CT molecular complexity index is 2240. The maximum absolute atomic E-state index is 14.6. The lowest BCUT2D eigenvalue weighted by Gasteiger charge is -2.42. The van der Waals surface area contributed by atoms with E-state index in [4.69, 9.17) is 9.16 Å². The molecule has 1 aliphatic heterocycles. The molecule has 306 valence electrons. The van der Waals surface area contributed by atoms with Crippen LogP contribution < -0.4 is 10.1 Å². The molecular weight excluding hydrogens is 755 g/mol. The molecule has 12 nitrogen and oxygen atoms in total. The zero-order valence-corrected chi connectivity index (χ0v) is 37.1. The zero-order valence-electron chi connectivity index (χ0n) is 35.3. The Kier molecular flexibility index (Phi) is 12.1. The number of aromatic nitrogens is 5. The Hall–Kier alpha value is -4.18. The lowest BCUT2D eigenvalue weighted by molar-refractivity contribution is -0.124. The van der Waals surface area contributed by atoms with E-state index >= 15 is 0 Å². The largest absolute Gasteiger partial charge is 0.487 e. The fraction of sp³-hybridized carbons (Fsp3) is 0.465. The molecule has 0 aliphatic carbocycles. The summed E-state index contributed by atoms with van der Waals surface area (Å²) in [7, 11) is -5.38. The van der Waals surface area contributed by atoms with Gasteiger partial charge in [-0.2, -0.15) is 4.31 Å². The van der Waals surface area contributed by atoms with E-state index in [0.717, 1.165) is 38.9 Å². The quantitative estimate of drug-likeness (QED) is 0.104. The summed E-state index contributed by atoms with van der Waals surface area (Å²) in [6.45, 7) is 24.6. The SMILES string of the molecule is CC[C@@H]1CN(Cc2cc([C@@H](c3ccc4c(nnn4CC)c3C)C(C)(C)C(=O)Nc3cnc(CO[Si](C)(C)C(C)(C)C)nc3)ccc2C)S(O)(O)c2ccccc2O1. The second-order valence-corrected chi connectivity index (χ2v) is 24.0. The Morgan fingerprint density at radius 2 is 1.74 bits per heavy atom. The number of nitrogens with one attached hydrogen (secondary N) is 1. The molecule has 6 rings (SSSR count). The van der Waals surface area contributed by atoms with E-state index in [0.29, 0.717) is 48.3 Å². The number of nitrogens with zero attached hydrogens (tertiary/aromatic N) is 6. The molecule has 0 fully saturated rings. The molecule has 5 aromatic rings. The van der Waals surface area contributed by atoms with Crippen molar-refractivity contribution in [2.24, 2.45) is 5.41 Å². The fourth-order valence-electron chi connectivity index (χ4n) is 7.15. The van der Waals surface area contributed by atoms with E-state index in [2.05, 4.69) is 83.7 Å². The molecule has 57 heavy (non-hydrogen) atoms. The zero-order chi connectivity index (χ0) is 41.5. The van der Waals surface area contributed by atoms with Crippen LogP contribution in [0.4, 0.5) is 5.69 Å².